The molecule has 1 aromatic heterocycles. The summed E-state index contributed by atoms with van der Waals surface area (Å²) in [5, 5.41) is 0.475. The van der Waals surface area contributed by atoms with Gasteiger partial charge in [0.25, 0.3) is 0 Å². The van der Waals surface area contributed by atoms with Crippen molar-refractivity contribution in [1.82, 2.24) is 9.88 Å². The molecule has 2 heterocycles. The molecule has 0 bridgehead atoms. The molecule has 7 heteroatoms. The van der Waals surface area contributed by atoms with Crippen LogP contribution in [0.25, 0.3) is 0 Å². The second-order valence-electron chi connectivity index (χ2n) is 5.32. The van der Waals surface area contributed by atoms with Crippen LogP contribution in [-0.4, -0.2) is 29.5 Å². The van der Waals surface area contributed by atoms with Gasteiger partial charge in [-0.2, -0.15) is 13.2 Å². The quantitative estimate of drug-likeness (QED) is 0.929. The number of alkyl halides is 3. The van der Waals surface area contributed by atoms with Crippen LogP contribution in [0.1, 0.15) is 34.8 Å². The molecule has 1 saturated heterocycles. The van der Waals surface area contributed by atoms with Gasteiger partial charge in [-0.25, -0.2) is 4.98 Å². The van der Waals surface area contributed by atoms with E-state index in [4.69, 9.17) is 5.73 Å². The summed E-state index contributed by atoms with van der Waals surface area (Å²) in [5.41, 5.74) is 4.86. The lowest BCUT2D eigenvalue weighted by molar-refractivity contribution is -0.141. The summed E-state index contributed by atoms with van der Waals surface area (Å²) in [7, 11) is 0. The average Bonchev–Trinajstić information content (AvgIpc) is 2.71. The number of likely N-dealkylation sites (tertiary alicyclic amines) is 1. The average molecular weight is 307 g/mol. The standard InChI is InChI=1S/C13H20F3N3S/c1-9-18-12(13(14,15)16)11(20-9)8-19-6-2-3-10(7-19)4-5-17/h10H,2-8,17H2,1H3. The lowest BCUT2D eigenvalue weighted by Crippen LogP contribution is -2.35. The van der Waals surface area contributed by atoms with E-state index in [0.29, 0.717) is 28.9 Å². The van der Waals surface area contributed by atoms with E-state index in [1.807, 2.05) is 0 Å². The zero-order chi connectivity index (χ0) is 14.8. The first-order valence-electron chi connectivity index (χ1n) is 6.86. The SMILES string of the molecule is Cc1nc(C(F)(F)F)c(CN2CCCC(CCN)C2)s1. The molecule has 0 spiro atoms. The van der Waals surface area contributed by atoms with Gasteiger partial charge in [-0.15, -0.1) is 11.3 Å². The number of aryl methyl sites for hydroxylation is 1. The van der Waals surface area contributed by atoms with E-state index in [1.165, 1.54) is 0 Å². The van der Waals surface area contributed by atoms with Crippen LogP contribution in [0.4, 0.5) is 13.2 Å². The predicted octanol–water partition coefficient (Wildman–Crippen LogP) is 3.03. The van der Waals surface area contributed by atoms with Crippen molar-refractivity contribution in [1.29, 1.82) is 0 Å². The molecule has 0 radical (unpaired) electrons. The molecule has 3 nitrogen and oxygen atoms in total. The van der Waals surface area contributed by atoms with E-state index in [9.17, 15) is 13.2 Å². The first-order valence-corrected chi connectivity index (χ1v) is 7.67. The molecule has 2 rings (SSSR count). The van der Waals surface area contributed by atoms with Crippen LogP contribution in [0.2, 0.25) is 0 Å². The van der Waals surface area contributed by atoms with E-state index in [1.54, 1.807) is 6.92 Å². The second kappa shape index (κ2) is 6.41. The van der Waals surface area contributed by atoms with Crippen molar-refractivity contribution >= 4 is 11.3 Å². The van der Waals surface area contributed by atoms with Crippen molar-refractivity contribution in [2.24, 2.45) is 11.7 Å². The zero-order valence-corrected chi connectivity index (χ0v) is 12.4. The Balaban J connectivity index is 2.06. The Bertz CT molecular complexity index is 443. The third-order valence-electron chi connectivity index (χ3n) is 3.62. The molecule has 0 saturated carbocycles. The summed E-state index contributed by atoms with van der Waals surface area (Å²) in [5.74, 6) is 0.511. The van der Waals surface area contributed by atoms with Gasteiger partial charge in [0.2, 0.25) is 0 Å². The first kappa shape index (κ1) is 15.7. The molecule has 20 heavy (non-hydrogen) atoms. The third-order valence-corrected chi connectivity index (χ3v) is 4.57. The Kier molecular flexibility index (Phi) is 5.04. The van der Waals surface area contributed by atoms with Gasteiger partial charge in [-0.05, 0) is 45.2 Å². The minimum Gasteiger partial charge on any atom is -0.330 e. The Morgan fingerprint density at radius 1 is 1.45 bits per heavy atom. The molecule has 1 atom stereocenters. The van der Waals surface area contributed by atoms with Gasteiger partial charge in [0.1, 0.15) is 0 Å². The van der Waals surface area contributed by atoms with Crippen LogP contribution in [0.5, 0.6) is 0 Å². The molecule has 1 aliphatic rings. The molecule has 2 N–H and O–H groups in total. The molecular weight excluding hydrogens is 287 g/mol. The van der Waals surface area contributed by atoms with E-state index >= 15 is 0 Å². The van der Waals surface area contributed by atoms with E-state index < -0.39 is 11.9 Å². The highest BCUT2D eigenvalue weighted by molar-refractivity contribution is 7.11. The number of thiazole rings is 1. The molecule has 1 aromatic rings. The lowest BCUT2D eigenvalue weighted by atomic mass is 9.95. The third kappa shape index (κ3) is 3.93. The van der Waals surface area contributed by atoms with Crippen molar-refractivity contribution in [2.45, 2.75) is 38.9 Å². The molecule has 0 amide bonds. The number of halogens is 3. The van der Waals surface area contributed by atoms with Crippen molar-refractivity contribution in [3.63, 3.8) is 0 Å². The van der Waals surface area contributed by atoms with E-state index in [0.717, 1.165) is 43.7 Å². The maximum absolute atomic E-state index is 12.9. The van der Waals surface area contributed by atoms with Gasteiger partial charge < -0.3 is 5.73 Å². The fourth-order valence-corrected chi connectivity index (χ4v) is 3.77. The van der Waals surface area contributed by atoms with Gasteiger partial charge in [-0.3, -0.25) is 4.90 Å². The van der Waals surface area contributed by atoms with Gasteiger partial charge in [0.05, 0.1) is 9.88 Å². The minimum atomic E-state index is -4.35. The van der Waals surface area contributed by atoms with Crippen LogP contribution >= 0.6 is 11.3 Å². The molecule has 0 aliphatic carbocycles. The second-order valence-corrected chi connectivity index (χ2v) is 6.61. The summed E-state index contributed by atoms with van der Waals surface area (Å²) in [6.07, 6.45) is -1.25. The molecule has 0 aromatic carbocycles. The van der Waals surface area contributed by atoms with Crippen molar-refractivity contribution in [3.05, 3.63) is 15.6 Å². The highest BCUT2D eigenvalue weighted by Gasteiger charge is 2.37. The summed E-state index contributed by atoms with van der Waals surface area (Å²) in [6, 6.07) is 0. The largest absolute Gasteiger partial charge is 0.434 e. The van der Waals surface area contributed by atoms with Gasteiger partial charge in [0, 0.05) is 13.1 Å². The highest BCUT2D eigenvalue weighted by atomic mass is 32.1. The fourth-order valence-electron chi connectivity index (χ4n) is 2.77. The van der Waals surface area contributed by atoms with E-state index in [2.05, 4.69) is 9.88 Å². The number of nitrogens with two attached hydrogens (primary N) is 1. The summed E-state index contributed by atoms with van der Waals surface area (Å²) < 4.78 is 38.8. The van der Waals surface area contributed by atoms with Crippen LogP contribution in [0.3, 0.4) is 0 Å². The molecule has 114 valence electrons. The monoisotopic (exact) mass is 307 g/mol. The van der Waals surface area contributed by atoms with Crippen molar-refractivity contribution in [2.75, 3.05) is 19.6 Å². The lowest BCUT2D eigenvalue weighted by Gasteiger charge is -2.32. The van der Waals surface area contributed by atoms with Crippen molar-refractivity contribution in [3.8, 4) is 0 Å². The van der Waals surface area contributed by atoms with Crippen molar-refractivity contribution < 1.29 is 13.2 Å². The van der Waals surface area contributed by atoms with Crippen LogP contribution < -0.4 is 5.73 Å². The summed E-state index contributed by atoms with van der Waals surface area (Å²) >= 11 is 1.15. The smallest absolute Gasteiger partial charge is 0.330 e. The molecule has 1 aliphatic heterocycles. The maximum atomic E-state index is 12.9. The Labute approximate surface area is 121 Å². The zero-order valence-electron chi connectivity index (χ0n) is 11.5. The highest BCUT2D eigenvalue weighted by Crippen LogP contribution is 2.35. The molecule has 1 fully saturated rings. The van der Waals surface area contributed by atoms with Gasteiger partial charge in [-0.1, -0.05) is 0 Å². The summed E-state index contributed by atoms with van der Waals surface area (Å²) in [6.45, 7) is 4.31. The van der Waals surface area contributed by atoms with Gasteiger partial charge >= 0.3 is 6.18 Å². The van der Waals surface area contributed by atoms with Crippen LogP contribution in [0.15, 0.2) is 0 Å². The summed E-state index contributed by atoms with van der Waals surface area (Å²) in [4.78, 5) is 6.09. The Morgan fingerprint density at radius 2 is 2.20 bits per heavy atom. The Morgan fingerprint density at radius 3 is 2.85 bits per heavy atom. The molecule has 1 unspecified atom stereocenters. The number of hydrogen-bond donors (Lipinski definition) is 1. The van der Waals surface area contributed by atoms with Crippen LogP contribution in [-0.2, 0) is 12.7 Å². The van der Waals surface area contributed by atoms with E-state index in [-0.39, 0.29) is 0 Å². The Hall–Kier alpha value is -0.660. The molecular formula is C13H20F3N3S. The topological polar surface area (TPSA) is 42.2 Å². The van der Waals surface area contributed by atoms with Crippen LogP contribution in [0, 0.1) is 12.8 Å². The minimum absolute atomic E-state index is 0.336. The number of piperidine rings is 1. The number of aromatic nitrogens is 1. The predicted molar refractivity (Wildman–Crippen MR) is 73.5 cm³/mol. The number of hydrogen-bond acceptors (Lipinski definition) is 4. The number of nitrogens with zero attached hydrogens (tertiary/aromatic N) is 2. The van der Waals surface area contributed by atoms with Gasteiger partial charge in [0.15, 0.2) is 5.69 Å². The normalized spacial score (nSPS) is 21.4. The fraction of sp³-hybridized carbons (Fsp3) is 0.769. The maximum Gasteiger partial charge on any atom is 0.434 e. The first-order chi connectivity index (χ1) is 9.40. The number of rotatable bonds is 4.